The van der Waals surface area contributed by atoms with Gasteiger partial charge in [0.05, 0.1) is 24.4 Å². The Labute approximate surface area is 191 Å². The Morgan fingerprint density at radius 3 is 2.68 bits per heavy atom. The first-order valence-electron chi connectivity index (χ1n) is 10.8. The van der Waals surface area contributed by atoms with Gasteiger partial charge in [0.25, 0.3) is 0 Å². The van der Waals surface area contributed by atoms with E-state index in [-0.39, 0.29) is 0 Å². The number of nitrogens with one attached hydrogen (secondary N) is 2. The van der Waals surface area contributed by atoms with Crippen molar-refractivity contribution in [3.05, 3.63) is 85.0 Å². The SMILES string of the molecule is C=C/C=C(\C=C/C)N1C=CN(CCCCCOc2ccc(/C(C=N)=C/NCC)cc2)S1. The van der Waals surface area contributed by atoms with Crippen molar-refractivity contribution in [1.29, 1.82) is 5.41 Å². The fraction of sp³-hybridized carbons (Fsp3) is 0.320. The molecular formula is C25H34N4OS. The Morgan fingerprint density at radius 2 is 2.00 bits per heavy atom. The van der Waals surface area contributed by atoms with Gasteiger partial charge >= 0.3 is 0 Å². The van der Waals surface area contributed by atoms with Crippen LogP contribution in [0.5, 0.6) is 5.75 Å². The highest BCUT2D eigenvalue weighted by Gasteiger charge is 2.15. The van der Waals surface area contributed by atoms with Crippen molar-refractivity contribution in [2.24, 2.45) is 0 Å². The molecule has 5 nitrogen and oxygen atoms in total. The minimum Gasteiger partial charge on any atom is -0.494 e. The van der Waals surface area contributed by atoms with Gasteiger partial charge < -0.3 is 19.8 Å². The van der Waals surface area contributed by atoms with Gasteiger partial charge in [0.2, 0.25) is 0 Å². The number of nitrogens with zero attached hydrogens (tertiary/aromatic N) is 2. The second-order valence-corrected chi connectivity index (χ2v) is 7.93. The van der Waals surface area contributed by atoms with Gasteiger partial charge in [-0.3, -0.25) is 4.31 Å². The fourth-order valence-corrected chi connectivity index (χ4v) is 3.82. The molecule has 1 heterocycles. The van der Waals surface area contributed by atoms with Gasteiger partial charge in [0.15, 0.2) is 0 Å². The third kappa shape index (κ3) is 8.42. The highest BCUT2D eigenvalue weighted by atomic mass is 32.2. The van der Waals surface area contributed by atoms with Crippen LogP contribution in [0.15, 0.2) is 79.4 Å². The smallest absolute Gasteiger partial charge is 0.119 e. The lowest BCUT2D eigenvalue weighted by Gasteiger charge is -2.19. The van der Waals surface area contributed by atoms with Crippen molar-refractivity contribution in [3.63, 3.8) is 0 Å². The van der Waals surface area contributed by atoms with Crippen LogP contribution in [0.25, 0.3) is 5.57 Å². The molecule has 0 radical (unpaired) electrons. The number of allylic oxidation sites excluding steroid dienone is 5. The molecule has 0 spiro atoms. The summed E-state index contributed by atoms with van der Waals surface area (Å²) >= 11 is 1.70. The van der Waals surface area contributed by atoms with Crippen LogP contribution >= 0.6 is 12.1 Å². The molecule has 0 unspecified atom stereocenters. The van der Waals surface area contributed by atoms with Gasteiger partial charge in [-0.25, -0.2) is 0 Å². The lowest BCUT2D eigenvalue weighted by Crippen LogP contribution is -2.11. The summed E-state index contributed by atoms with van der Waals surface area (Å²) in [5.41, 5.74) is 2.98. The first-order chi connectivity index (χ1) is 15.2. The van der Waals surface area contributed by atoms with Crippen molar-refractivity contribution in [1.82, 2.24) is 13.9 Å². The molecule has 0 saturated heterocycles. The molecule has 6 heteroatoms. The number of benzene rings is 1. The maximum atomic E-state index is 7.55. The van der Waals surface area contributed by atoms with Gasteiger partial charge in [0, 0.05) is 43.5 Å². The van der Waals surface area contributed by atoms with Crippen LogP contribution < -0.4 is 10.1 Å². The molecule has 31 heavy (non-hydrogen) atoms. The van der Waals surface area contributed by atoms with E-state index in [0.717, 1.165) is 54.9 Å². The van der Waals surface area contributed by atoms with Crippen molar-refractivity contribution in [3.8, 4) is 5.75 Å². The van der Waals surface area contributed by atoms with Crippen LogP contribution in [0.4, 0.5) is 0 Å². The molecule has 0 aromatic heterocycles. The van der Waals surface area contributed by atoms with Crippen LogP contribution in [0.1, 0.15) is 38.7 Å². The number of unbranched alkanes of at least 4 members (excludes halogenated alkanes) is 2. The molecule has 0 bridgehead atoms. The Balaban J connectivity index is 1.65. The summed E-state index contributed by atoms with van der Waals surface area (Å²) in [6, 6.07) is 7.93. The standard InChI is InChI=1S/C25H34N4OS/c1-4-10-24(11-5-2)29-18-17-28(31-29)16-8-7-9-19-30-25-14-12-22(13-15-25)23(20-26)21-27-6-3/h4-5,10-15,17-18,20-21,26-27H,1,6-9,16,19H2,2-3H3/b11-5-,23-21+,24-10+,26-20?. The van der Waals surface area contributed by atoms with E-state index in [1.807, 2.05) is 62.5 Å². The average molecular weight is 439 g/mol. The highest BCUT2D eigenvalue weighted by Crippen LogP contribution is 2.29. The summed E-state index contributed by atoms with van der Waals surface area (Å²) in [4.78, 5) is 0. The van der Waals surface area contributed by atoms with Gasteiger partial charge in [-0.1, -0.05) is 30.9 Å². The quantitative estimate of drug-likeness (QED) is 0.158. The van der Waals surface area contributed by atoms with Gasteiger partial charge in [-0.05, 0) is 63.0 Å². The number of ether oxygens (including phenoxy) is 1. The molecule has 0 fully saturated rings. The first kappa shape index (κ1) is 24.4. The molecule has 2 N–H and O–H groups in total. The van der Waals surface area contributed by atoms with Crippen LogP contribution in [-0.2, 0) is 0 Å². The maximum absolute atomic E-state index is 7.55. The van der Waals surface area contributed by atoms with Crippen molar-refractivity contribution < 1.29 is 4.74 Å². The molecule has 0 amide bonds. The molecule has 1 aliphatic heterocycles. The molecule has 1 aromatic carbocycles. The van der Waals surface area contributed by atoms with Crippen molar-refractivity contribution >= 4 is 23.9 Å². The molecular weight excluding hydrogens is 404 g/mol. The summed E-state index contributed by atoms with van der Waals surface area (Å²) in [6.45, 7) is 10.4. The van der Waals surface area contributed by atoms with Crippen LogP contribution in [0.3, 0.4) is 0 Å². The third-order valence-electron chi connectivity index (χ3n) is 4.54. The van der Waals surface area contributed by atoms with E-state index in [9.17, 15) is 0 Å². The minimum absolute atomic E-state index is 0.715. The van der Waals surface area contributed by atoms with Crippen molar-refractivity contribution in [2.75, 3.05) is 19.7 Å². The molecule has 2 rings (SSSR count). The van der Waals surface area contributed by atoms with E-state index in [4.69, 9.17) is 10.1 Å². The highest BCUT2D eigenvalue weighted by molar-refractivity contribution is 7.95. The van der Waals surface area contributed by atoms with E-state index in [1.54, 1.807) is 12.1 Å². The van der Waals surface area contributed by atoms with Crippen LogP contribution in [-0.4, -0.2) is 34.5 Å². The summed E-state index contributed by atoms with van der Waals surface area (Å²) in [5.74, 6) is 0.871. The Kier molecular flexibility index (Phi) is 11.2. The largest absolute Gasteiger partial charge is 0.494 e. The van der Waals surface area contributed by atoms with E-state index in [2.05, 4.69) is 39.0 Å². The normalized spacial score (nSPS) is 14.4. The van der Waals surface area contributed by atoms with Crippen LogP contribution in [0.2, 0.25) is 0 Å². The summed E-state index contributed by atoms with van der Waals surface area (Å²) in [7, 11) is 0. The van der Waals surface area contributed by atoms with Crippen molar-refractivity contribution in [2.45, 2.75) is 33.1 Å². The lowest BCUT2D eigenvalue weighted by molar-refractivity contribution is 0.304. The zero-order valence-electron chi connectivity index (χ0n) is 18.6. The zero-order chi connectivity index (χ0) is 22.3. The van der Waals surface area contributed by atoms with Crippen LogP contribution in [0, 0.1) is 5.41 Å². The monoisotopic (exact) mass is 438 g/mol. The maximum Gasteiger partial charge on any atom is 0.119 e. The summed E-state index contributed by atoms with van der Waals surface area (Å²) < 4.78 is 10.3. The Bertz CT molecular complexity index is 811. The van der Waals surface area contributed by atoms with Gasteiger partial charge in [-0.2, -0.15) is 0 Å². The summed E-state index contributed by atoms with van der Waals surface area (Å²) in [6.07, 6.45) is 18.6. The zero-order valence-corrected chi connectivity index (χ0v) is 19.4. The second-order valence-electron chi connectivity index (χ2n) is 6.91. The van der Waals surface area contributed by atoms with Gasteiger partial charge in [0.1, 0.15) is 5.75 Å². The predicted molar refractivity (Wildman–Crippen MR) is 135 cm³/mol. The Hall–Kier alpha value is -2.86. The van der Waals surface area contributed by atoms with Gasteiger partial charge in [-0.15, -0.1) is 0 Å². The molecule has 0 atom stereocenters. The van der Waals surface area contributed by atoms with E-state index in [1.165, 1.54) is 6.21 Å². The molecule has 0 aliphatic carbocycles. The molecule has 1 aliphatic rings. The third-order valence-corrected chi connectivity index (χ3v) is 5.56. The second kappa shape index (κ2) is 14.2. The number of hydrogen-bond acceptors (Lipinski definition) is 6. The first-order valence-corrected chi connectivity index (χ1v) is 11.5. The topological polar surface area (TPSA) is 51.6 Å². The Morgan fingerprint density at radius 1 is 1.19 bits per heavy atom. The molecule has 166 valence electrons. The van der Waals surface area contributed by atoms with E-state index in [0.29, 0.717) is 6.61 Å². The molecule has 1 aromatic rings. The minimum atomic E-state index is 0.715. The average Bonchev–Trinajstić information content (AvgIpc) is 3.26. The number of hydrogen-bond donors (Lipinski definition) is 2. The van der Waals surface area contributed by atoms with E-state index >= 15 is 0 Å². The summed E-state index contributed by atoms with van der Waals surface area (Å²) in [5, 5.41) is 10.7. The lowest BCUT2D eigenvalue weighted by atomic mass is 10.1. The fourth-order valence-electron chi connectivity index (χ4n) is 2.95. The molecule has 0 saturated carbocycles. The predicted octanol–water partition coefficient (Wildman–Crippen LogP) is 6.13. The van der Waals surface area contributed by atoms with E-state index < -0.39 is 0 Å². The number of rotatable bonds is 14.